The number of carbonyl (C=O) groups is 1. The van der Waals surface area contributed by atoms with Gasteiger partial charge < -0.3 is 4.90 Å². The molecule has 0 spiro atoms. The van der Waals surface area contributed by atoms with Crippen LogP contribution in [0.3, 0.4) is 0 Å². The van der Waals surface area contributed by atoms with Crippen molar-refractivity contribution in [2.24, 2.45) is 0 Å². The lowest BCUT2D eigenvalue weighted by atomic mass is 10.0. The quantitative estimate of drug-likeness (QED) is 0.786. The number of sulfonamides is 1. The molecule has 5 nitrogen and oxygen atoms in total. The minimum absolute atomic E-state index is 0.0280. The Morgan fingerprint density at radius 1 is 1.42 bits per heavy atom. The van der Waals surface area contributed by atoms with E-state index in [1.807, 2.05) is 18.4 Å². The first-order valence-electron chi connectivity index (χ1n) is 7.38. The molecule has 0 N–H and O–H groups in total. The number of carbonyl (C=O) groups excluding carboxylic acids is 1. The maximum absolute atomic E-state index is 12.6. The molecule has 130 valence electrons. The predicted octanol–water partition coefficient (Wildman–Crippen LogP) is 3.23. The number of nitrogens with zero attached hydrogens (tertiary/aromatic N) is 2. The van der Waals surface area contributed by atoms with Crippen molar-refractivity contribution in [2.75, 3.05) is 20.1 Å². The third-order valence-electron chi connectivity index (χ3n) is 4.17. The molecule has 9 heteroatoms. The van der Waals surface area contributed by atoms with Crippen molar-refractivity contribution in [3.8, 4) is 0 Å². The van der Waals surface area contributed by atoms with E-state index in [1.54, 1.807) is 22.3 Å². The van der Waals surface area contributed by atoms with E-state index < -0.39 is 10.0 Å². The van der Waals surface area contributed by atoms with Gasteiger partial charge in [-0.25, -0.2) is 8.42 Å². The number of likely N-dealkylation sites (N-methyl/N-ethyl adjacent to an activating group) is 1. The Balaban J connectivity index is 1.73. The lowest BCUT2D eigenvalue weighted by Gasteiger charge is -2.34. The fourth-order valence-corrected chi connectivity index (χ4v) is 6.58. The topological polar surface area (TPSA) is 57.7 Å². The van der Waals surface area contributed by atoms with Gasteiger partial charge in [0.15, 0.2) is 0 Å². The molecule has 0 radical (unpaired) electrons. The summed E-state index contributed by atoms with van der Waals surface area (Å²) in [5, 5.41) is 2.03. The Morgan fingerprint density at radius 3 is 2.83 bits per heavy atom. The summed E-state index contributed by atoms with van der Waals surface area (Å²) >= 11 is 8.51. The summed E-state index contributed by atoms with van der Waals surface area (Å²) in [5.74, 6) is -0.187. The van der Waals surface area contributed by atoms with Crippen molar-refractivity contribution in [3.63, 3.8) is 0 Å². The number of fused-ring (bicyclic) bond motifs is 1. The number of halogens is 1. The highest BCUT2D eigenvalue weighted by atomic mass is 35.5. The average Bonchev–Trinajstić information content (AvgIpc) is 3.16. The molecule has 2 aromatic heterocycles. The third-order valence-corrected chi connectivity index (χ3v) is 8.67. The van der Waals surface area contributed by atoms with E-state index in [2.05, 4.69) is 0 Å². The lowest BCUT2D eigenvalue weighted by molar-refractivity contribution is -0.133. The molecule has 1 unspecified atom stereocenters. The summed E-state index contributed by atoms with van der Waals surface area (Å²) in [5.41, 5.74) is 1.16. The Labute approximate surface area is 154 Å². The van der Waals surface area contributed by atoms with Crippen LogP contribution in [0.5, 0.6) is 0 Å². The normalized spacial score (nSPS) is 18.0. The maximum Gasteiger partial charge on any atom is 0.252 e. The summed E-state index contributed by atoms with van der Waals surface area (Å²) in [6.07, 6.45) is 0.820. The highest BCUT2D eigenvalue weighted by molar-refractivity contribution is 7.91. The van der Waals surface area contributed by atoms with Gasteiger partial charge in [-0.05, 0) is 42.5 Å². The predicted molar refractivity (Wildman–Crippen MR) is 97.3 cm³/mol. The van der Waals surface area contributed by atoms with Crippen molar-refractivity contribution in [3.05, 3.63) is 38.4 Å². The Bertz CT molecular complexity index is 859. The molecule has 2 aromatic rings. The molecule has 0 saturated heterocycles. The number of hydrogen-bond acceptors (Lipinski definition) is 5. The Hall–Kier alpha value is -0.930. The molecular formula is C15H17ClN2O3S3. The highest BCUT2D eigenvalue weighted by Gasteiger charge is 2.31. The van der Waals surface area contributed by atoms with E-state index in [0.717, 1.165) is 27.6 Å². The largest absolute Gasteiger partial charge is 0.334 e. The fraction of sp³-hybridized carbons (Fsp3) is 0.400. The third kappa shape index (κ3) is 3.25. The molecular weight excluding hydrogens is 388 g/mol. The molecule has 0 fully saturated rings. The van der Waals surface area contributed by atoms with Gasteiger partial charge in [-0.3, -0.25) is 4.79 Å². The van der Waals surface area contributed by atoms with Gasteiger partial charge in [0.05, 0.1) is 16.9 Å². The molecule has 3 heterocycles. The zero-order valence-electron chi connectivity index (χ0n) is 13.2. The monoisotopic (exact) mass is 404 g/mol. The first-order chi connectivity index (χ1) is 11.3. The molecule has 1 aliphatic rings. The van der Waals surface area contributed by atoms with Crippen molar-refractivity contribution in [1.82, 2.24) is 9.21 Å². The van der Waals surface area contributed by atoms with Gasteiger partial charge in [-0.1, -0.05) is 11.6 Å². The molecule has 1 aliphatic heterocycles. The molecule has 1 amide bonds. The van der Waals surface area contributed by atoms with Crippen LogP contribution in [0.1, 0.15) is 23.4 Å². The summed E-state index contributed by atoms with van der Waals surface area (Å²) < 4.78 is 26.7. The Kier molecular flexibility index (Phi) is 5.04. The van der Waals surface area contributed by atoms with Gasteiger partial charge in [0.2, 0.25) is 5.91 Å². The SMILES string of the molecule is CC1c2ccsc2CCN1C(=O)CN(C)S(=O)(=O)c1ccc(Cl)s1. The van der Waals surface area contributed by atoms with Crippen LogP contribution >= 0.6 is 34.3 Å². The summed E-state index contributed by atoms with van der Waals surface area (Å²) in [6.45, 7) is 2.42. The lowest BCUT2D eigenvalue weighted by Crippen LogP contribution is -2.44. The van der Waals surface area contributed by atoms with Crippen LogP contribution in [0.15, 0.2) is 27.8 Å². The van der Waals surface area contributed by atoms with E-state index in [4.69, 9.17) is 11.6 Å². The molecule has 0 aromatic carbocycles. The van der Waals surface area contributed by atoms with Gasteiger partial charge in [0.1, 0.15) is 4.21 Å². The van der Waals surface area contributed by atoms with Gasteiger partial charge in [0.25, 0.3) is 10.0 Å². The molecule has 1 atom stereocenters. The standard InChI is InChI=1S/C15H17ClN2O3S3/c1-10-11-6-8-22-12(11)5-7-18(10)14(19)9-17(2)24(20,21)15-4-3-13(16)23-15/h3-4,6,8,10H,5,7,9H2,1-2H3. The summed E-state index contributed by atoms with van der Waals surface area (Å²) in [7, 11) is -2.27. The van der Waals surface area contributed by atoms with E-state index in [-0.39, 0.29) is 22.7 Å². The van der Waals surface area contributed by atoms with Gasteiger partial charge in [0, 0.05) is 18.5 Å². The van der Waals surface area contributed by atoms with Crippen molar-refractivity contribution < 1.29 is 13.2 Å². The summed E-state index contributed by atoms with van der Waals surface area (Å²) in [4.78, 5) is 15.7. The average molecular weight is 405 g/mol. The summed E-state index contributed by atoms with van der Waals surface area (Å²) in [6, 6.07) is 5.02. The highest BCUT2D eigenvalue weighted by Crippen LogP contribution is 2.33. The number of hydrogen-bond donors (Lipinski definition) is 0. The van der Waals surface area contributed by atoms with Crippen LogP contribution in [0, 0.1) is 0 Å². The van der Waals surface area contributed by atoms with Crippen molar-refractivity contribution in [2.45, 2.75) is 23.6 Å². The molecule has 3 rings (SSSR count). The maximum atomic E-state index is 12.6. The smallest absolute Gasteiger partial charge is 0.252 e. The zero-order chi connectivity index (χ0) is 17.5. The van der Waals surface area contributed by atoms with E-state index in [9.17, 15) is 13.2 Å². The van der Waals surface area contributed by atoms with Crippen LogP contribution in [-0.2, 0) is 21.2 Å². The number of rotatable bonds is 4. The fourth-order valence-electron chi connectivity index (χ4n) is 2.81. The van der Waals surface area contributed by atoms with Crippen LogP contribution in [-0.4, -0.2) is 43.7 Å². The molecule has 0 bridgehead atoms. The van der Waals surface area contributed by atoms with E-state index in [0.29, 0.717) is 10.9 Å². The van der Waals surface area contributed by atoms with Crippen LogP contribution in [0.2, 0.25) is 4.34 Å². The van der Waals surface area contributed by atoms with Gasteiger partial charge >= 0.3 is 0 Å². The minimum Gasteiger partial charge on any atom is -0.334 e. The van der Waals surface area contributed by atoms with E-state index in [1.165, 1.54) is 18.0 Å². The van der Waals surface area contributed by atoms with Crippen LogP contribution in [0.25, 0.3) is 0 Å². The Morgan fingerprint density at radius 2 is 2.17 bits per heavy atom. The van der Waals surface area contributed by atoms with Gasteiger partial charge in [-0.15, -0.1) is 22.7 Å². The second-order valence-electron chi connectivity index (χ2n) is 5.63. The van der Waals surface area contributed by atoms with Crippen molar-refractivity contribution in [1.29, 1.82) is 0 Å². The second kappa shape index (κ2) is 6.76. The molecule has 0 saturated carbocycles. The number of amides is 1. The minimum atomic E-state index is -3.70. The second-order valence-corrected chi connectivity index (χ2v) is 10.6. The van der Waals surface area contributed by atoms with Crippen LogP contribution < -0.4 is 0 Å². The first kappa shape index (κ1) is 17.9. The molecule has 24 heavy (non-hydrogen) atoms. The van der Waals surface area contributed by atoms with Gasteiger partial charge in [-0.2, -0.15) is 4.31 Å². The van der Waals surface area contributed by atoms with Crippen LogP contribution in [0.4, 0.5) is 0 Å². The van der Waals surface area contributed by atoms with Crippen molar-refractivity contribution >= 4 is 50.2 Å². The first-order valence-corrected chi connectivity index (χ1v) is 10.9. The zero-order valence-corrected chi connectivity index (χ0v) is 16.4. The number of thiophene rings is 2. The van der Waals surface area contributed by atoms with E-state index >= 15 is 0 Å². The molecule has 0 aliphatic carbocycles.